The predicted octanol–water partition coefficient (Wildman–Crippen LogP) is -0.643. The Morgan fingerprint density at radius 1 is 1.25 bits per heavy atom. The molecular formula is C7H15NO3Si. The van der Waals surface area contributed by atoms with E-state index in [1.54, 1.807) is 0 Å². The van der Waals surface area contributed by atoms with Gasteiger partial charge in [0.15, 0.2) is 9.76 Å². The molecule has 0 unspecified atom stereocenters. The highest BCUT2D eigenvalue weighted by molar-refractivity contribution is 6.24. The van der Waals surface area contributed by atoms with Crippen molar-refractivity contribution < 1.29 is 14.3 Å². The van der Waals surface area contributed by atoms with E-state index in [0.29, 0.717) is 32.5 Å². The van der Waals surface area contributed by atoms with Crippen LogP contribution in [0.1, 0.15) is 12.8 Å². The van der Waals surface area contributed by atoms with Gasteiger partial charge in [0.1, 0.15) is 0 Å². The van der Waals surface area contributed by atoms with E-state index in [0.717, 1.165) is 6.42 Å². The Labute approximate surface area is 75.0 Å². The third kappa shape index (κ3) is 9.59. The van der Waals surface area contributed by atoms with Crippen molar-refractivity contribution in [3.05, 3.63) is 0 Å². The number of rotatable bonds is 8. The van der Waals surface area contributed by atoms with Crippen LogP contribution in [0.25, 0.3) is 0 Å². The highest BCUT2D eigenvalue weighted by Gasteiger charge is 1.89. The minimum absolute atomic E-state index is 0.449. The van der Waals surface area contributed by atoms with Crippen molar-refractivity contribution in [2.45, 2.75) is 12.8 Å². The van der Waals surface area contributed by atoms with Crippen LogP contribution in [0, 0.1) is 11.3 Å². The lowest BCUT2D eigenvalue weighted by Crippen LogP contribution is -2.06. The van der Waals surface area contributed by atoms with Gasteiger partial charge in [-0.15, -0.1) is 0 Å². The molecule has 0 aromatic carbocycles. The van der Waals surface area contributed by atoms with Crippen LogP contribution in [0.4, 0.5) is 0 Å². The number of hydrogen-bond acceptors (Lipinski definition) is 4. The lowest BCUT2D eigenvalue weighted by atomic mass is 10.5. The first-order chi connectivity index (χ1) is 5.91. The monoisotopic (exact) mass is 189 g/mol. The average Bonchev–Trinajstić information content (AvgIpc) is 2.10. The fourth-order valence-corrected chi connectivity index (χ4v) is 0.983. The number of nitriles is 1. The Bertz CT molecular complexity index is 126. The zero-order valence-electron chi connectivity index (χ0n) is 7.16. The fourth-order valence-electron chi connectivity index (χ4n) is 0.650. The van der Waals surface area contributed by atoms with E-state index < -0.39 is 9.76 Å². The van der Waals surface area contributed by atoms with Gasteiger partial charge in [0.25, 0.3) is 0 Å². The number of hydrogen-bond donors (Lipinski definition) is 1. The molecule has 12 heavy (non-hydrogen) atoms. The topological polar surface area (TPSA) is 62.5 Å². The van der Waals surface area contributed by atoms with Gasteiger partial charge in [-0.3, -0.25) is 0 Å². The van der Waals surface area contributed by atoms with Crippen LogP contribution < -0.4 is 0 Å². The highest BCUT2D eigenvalue weighted by Crippen LogP contribution is 1.86. The second-order valence-electron chi connectivity index (χ2n) is 2.21. The standard InChI is InChI=1S/C7H15NO3Si/c8-3-1-4-10-5-2-6-11-7-12-9/h9H,1-2,4-7,12H2. The van der Waals surface area contributed by atoms with Gasteiger partial charge in [-0.2, -0.15) is 5.26 Å². The first kappa shape index (κ1) is 11.6. The summed E-state index contributed by atoms with van der Waals surface area (Å²) in [5.74, 6) is 0. The van der Waals surface area contributed by atoms with Crippen LogP contribution in [-0.4, -0.2) is 40.6 Å². The van der Waals surface area contributed by atoms with Crippen LogP contribution in [0.5, 0.6) is 0 Å². The summed E-state index contributed by atoms with van der Waals surface area (Å²) in [6.07, 6.45) is 1.81. The lowest BCUT2D eigenvalue weighted by molar-refractivity contribution is 0.0989. The normalized spacial score (nSPS) is 10.7. The maximum atomic E-state index is 8.49. The summed E-state index contributed by atoms with van der Waals surface area (Å²) in [7, 11) is -0.940. The van der Waals surface area contributed by atoms with E-state index in [1.165, 1.54) is 0 Å². The Morgan fingerprint density at radius 3 is 2.67 bits per heavy atom. The molecule has 0 aliphatic heterocycles. The molecule has 1 N–H and O–H groups in total. The average molecular weight is 189 g/mol. The molecule has 0 saturated heterocycles. The van der Waals surface area contributed by atoms with Gasteiger partial charge in [0.2, 0.25) is 0 Å². The van der Waals surface area contributed by atoms with Crippen molar-refractivity contribution in [1.82, 2.24) is 0 Å². The first-order valence-corrected chi connectivity index (χ1v) is 5.68. The minimum atomic E-state index is -0.940. The largest absolute Gasteiger partial charge is 0.436 e. The zero-order chi connectivity index (χ0) is 9.07. The molecule has 4 nitrogen and oxygen atoms in total. The maximum Gasteiger partial charge on any atom is 0.182 e. The molecule has 0 radical (unpaired) electrons. The van der Waals surface area contributed by atoms with Crippen molar-refractivity contribution in [3.63, 3.8) is 0 Å². The van der Waals surface area contributed by atoms with Crippen molar-refractivity contribution in [1.29, 1.82) is 5.26 Å². The molecule has 0 aromatic heterocycles. The summed E-state index contributed by atoms with van der Waals surface area (Å²) in [6, 6.07) is 2.00. The molecule has 0 spiro atoms. The Balaban J connectivity index is 2.78. The van der Waals surface area contributed by atoms with E-state index in [9.17, 15) is 0 Å². The second-order valence-corrected chi connectivity index (χ2v) is 3.07. The molecule has 0 heterocycles. The second kappa shape index (κ2) is 10.6. The zero-order valence-corrected chi connectivity index (χ0v) is 8.57. The van der Waals surface area contributed by atoms with E-state index >= 15 is 0 Å². The molecule has 0 saturated carbocycles. The van der Waals surface area contributed by atoms with Crippen molar-refractivity contribution in [2.24, 2.45) is 0 Å². The molecular weight excluding hydrogens is 174 g/mol. The molecule has 70 valence electrons. The summed E-state index contributed by atoms with van der Waals surface area (Å²) in [5, 5.41) is 8.16. The Kier molecular flexibility index (Phi) is 10.2. The summed E-state index contributed by atoms with van der Waals surface area (Å²) in [5.41, 5.74) is 0. The SMILES string of the molecule is N#CCCOCCCOC[SiH2]O. The molecule has 5 heteroatoms. The molecule has 0 atom stereocenters. The van der Waals surface area contributed by atoms with Crippen LogP contribution in [-0.2, 0) is 9.47 Å². The molecule has 0 aliphatic carbocycles. The molecule has 0 rings (SSSR count). The van der Waals surface area contributed by atoms with E-state index in [-0.39, 0.29) is 0 Å². The van der Waals surface area contributed by atoms with Gasteiger partial charge in [0.05, 0.1) is 25.3 Å². The summed E-state index contributed by atoms with van der Waals surface area (Å²) in [6.45, 7) is 1.78. The quantitative estimate of drug-likeness (QED) is 0.407. The van der Waals surface area contributed by atoms with E-state index in [4.69, 9.17) is 19.5 Å². The molecule has 0 bridgehead atoms. The third-order valence-electron chi connectivity index (χ3n) is 1.17. The smallest absolute Gasteiger partial charge is 0.182 e. The highest BCUT2D eigenvalue weighted by atomic mass is 28.2. The summed E-state index contributed by atoms with van der Waals surface area (Å²) in [4.78, 5) is 8.49. The van der Waals surface area contributed by atoms with Crippen LogP contribution in [0.3, 0.4) is 0 Å². The van der Waals surface area contributed by atoms with E-state index in [1.807, 2.05) is 6.07 Å². The van der Waals surface area contributed by atoms with Crippen molar-refractivity contribution >= 4 is 9.76 Å². The predicted molar refractivity (Wildman–Crippen MR) is 47.2 cm³/mol. The van der Waals surface area contributed by atoms with Gasteiger partial charge < -0.3 is 14.3 Å². The molecule has 0 amide bonds. The van der Waals surface area contributed by atoms with Crippen molar-refractivity contribution in [3.8, 4) is 6.07 Å². The summed E-state index contributed by atoms with van der Waals surface area (Å²) < 4.78 is 10.2. The van der Waals surface area contributed by atoms with E-state index in [2.05, 4.69) is 0 Å². The van der Waals surface area contributed by atoms with Crippen LogP contribution >= 0.6 is 0 Å². The minimum Gasteiger partial charge on any atom is -0.436 e. The van der Waals surface area contributed by atoms with Crippen LogP contribution in [0.15, 0.2) is 0 Å². The van der Waals surface area contributed by atoms with Crippen molar-refractivity contribution in [2.75, 3.05) is 26.1 Å². The lowest BCUT2D eigenvalue weighted by Gasteiger charge is -2.01. The summed E-state index contributed by atoms with van der Waals surface area (Å²) >= 11 is 0. The Hall–Kier alpha value is -0.413. The van der Waals surface area contributed by atoms with Gasteiger partial charge >= 0.3 is 0 Å². The molecule has 0 fully saturated rings. The van der Waals surface area contributed by atoms with Gasteiger partial charge in [0, 0.05) is 13.2 Å². The third-order valence-corrected chi connectivity index (χ3v) is 1.64. The van der Waals surface area contributed by atoms with Gasteiger partial charge in [-0.05, 0) is 6.42 Å². The van der Waals surface area contributed by atoms with Crippen LogP contribution in [0.2, 0.25) is 0 Å². The van der Waals surface area contributed by atoms with Gasteiger partial charge in [-0.25, -0.2) is 0 Å². The molecule has 0 aliphatic rings. The van der Waals surface area contributed by atoms with Gasteiger partial charge in [-0.1, -0.05) is 0 Å². The fraction of sp³-hybridized carbons (Fsp3) is 0.857. The maximum absolute atomic E-state index is 8.49. The number of nitrogens with zero attached hydrogens (tertiary/aromatic N) is 1. The Morgan fingerprint density at radius 2 is 2.00 bits per heavy atom. The number of ether oxygens (including phenoxy) is 2. The molecule has 0 aromatic rings. The first-order valence-electron chi connectivity index (χ1n) is 4.05.